The van der Waals surface area contributed by atoms with Crippen molar-refractivity contribution < 1.29 is 5.11 Å². The van der Waals surface area contributed by atoms with Crippen LogP contribution in [0, 0.1) is 0 Å². The number of benzene rings is 2. The first-order valence-electron chi connectivity index (χ1n) is 5.15. The SMILES string of the molecule is CC1=Cc2cccc3ccc(CO)c1c23. The predicted octanol–water partition coefficient (Wildman–Crippen LogP) is 3.21. The van der Waals surface area contributed by atoms with Gasteiger partial charge in [0.05, 0.1) is 6.61 Å². The van der Waals surface area contributed by atoms with Gasteiger partial charge >= 0.3 is 0 Å². The summed E-state index contributed by atoms with van der Waals surface area (Å²) in [7, 11) is 0. The molecule has 2 aromatic rings. The van der Waals surface area contributed by atoms with Crippen molar-refractivity contribution in [3.63, 3.8) is 0 Å². The number of allylic oxidation sites excluding steroid dienone is 1. The molecule has 0 saturated heterocycles. The minimum Gasteiger partial charge on any atom is -0.392 e. The third-order valence-corrected chi connectivity index (χ3v) is 3.10. The molecule has 3 rings (SSSR count). The topological polar surface area (TPSA) is 20.2 Å². The average Bonchev–Trinajstić information content (AvgIpc) is 2.59. The zero-order valence-electron chi connectivity index (χ0n) is 8.62. The van der Waals surface area contributed by atoms with Gasteiger partial charge in [0.15, 0.2) is 0 Å². The van der Waals surface area contributed by atoms with E-state index in [9.17, 15) is 5.11 Å². The maximum absolute atomic E-state index is 9.32. The molecule has 0 radical (unpaired) electrons. The summed E-state index contributed by atoms with van der Waals surface area (Å²) < 4.78 is 0. The molecule has 0 saturated carbocycles. The van der Waals surface area contributed by atoms with Crippen LogP contribution in [0.5, 0.6) is 0 Å². The Bertz CT molecular complexity index is 579. The number of aliphatic hydroxyl groups is 1. The summed E-state index contributed by atoms with van der Waals surface area (Å²) in [5.41, 5.74) is 4.79. The van der Waals surface area contributed by atoms with Crippen LogP contribution in [0.4, 0.5) is 0 Å². The van der Waals surface area contributed by atoms with Crippen molar-refractivity contribution >= 4 is 22.4 Å². The van der Waals surface area contributed by atoms with Crippen LogP contribution in [-0.4, -0.2) is 5.11 Å². The van der Waals surface area contributed by atoms with Gasteiger partial charge < -0.3 is 5.11 Å². The molecule has 2 aromatic carbocycles. The molecule has 0 unspecified atom stereocenters. The minimum atomic E-state index is 0.116. The largest absolute Gasteiger partial charge is 0.392 e. The molecule has 0 aromatic heterocycles. The smallest absolute Gasteiger partial charge is 0.0687 e. The molecular weight excluding hydrogens is 184 g/mol. The summed E-state index contributed by atoms with van der Waals surface area (Å²) >= 11 is 0. The lowest BCUT2D eigenvalue weighted by molar-refractivity contribution is 0.281. The molecular formula is C14H12O. The summed E-state index contributed by atoms with van der Waals surface area (Å²) in [6.45, 7) is 2.22. The highest BCUT2D eigenvalue weighted by Gasteiger charge is 2.16. The van der Waals surface area contributed by atoms with Crippen LogP contribution in [0.2, 0.25) is 0 Å². The van der Waals surface area contributed by atoms with Crippen LogP contribution in [-0.2, 0) is 6.61 Å². The normalized spacial score (nSPS) is 13.3. The van der Waals surface area contributed by atoms with E-state index in [0.717, 1.165) is 5.56 Å². The molecule has 1 N–H and O–H groups in total. The van der Waals surface area contributed by atoms with Gasteiger partial charge in [0.2, 0.25) is 0 Å². The van der Waals surface area contributed by atoms with Crippen molar-refractivity contribution in [1.29, 1.82) is 0 Å². The Morgan fingerprint density at radius 3 is 2.80 bits per heavy atom. The van der Waals surface area contributed by atoms with Gasteiger partial charge in [-0.2, -0.15) is 0 Å². The van der Waals surface area contributed by atoms with E-state index in [4.69, 9.17) is 0 Å². The van der Waals surface area contributed by atoms with Crippen molar-refractivity contribution in [3.8, 4) is 0 Å². The molecule has 74 valence electrons. The highest BCUT2D eigenvalue weighted by Crippen LogP contribution is 2.38. The molecule has 1 nitrogen and oxygen atoms in total. The molecule has 1 aliphatic carbocycles. The number of aliphatic hydroxyl groups excluding tert-OH is 1. The maximum atomic E-state index is 9.32. The lowest BCUT2D eigenvalue weighted by atomic mass is 9.97. The van der Waals surface area contributed by atoms with Crippen molar-refractivity contribution in [3.05, 3.63) is 47.0 Å². The molecule has 0 spiro atoms. The van der Waals surface area contributed by atoms with Gasteiger partial charge in [-0.3, -0.25) is 0 Å². The zero-order valence-corrected chi connectivity index (χ0v) is 8.62. The Morgan fingerprint density at radius 2 is 2.00 bits per heavy atom. The Labute approximate surface area is 88.7 Å². The molecule has 0 bridgehead atoms. The van der Waals surface area contributed by atoms with Gasteiger partial charge in [-0.05, 0) is 40.0 Å². The number of hydrogen-bond acceptors (Lipinski definition) is 1. The minimum absolute atomic E-state index is 0.116. The molecule has 1 aliphatic rings. The Balaban J connectivity index is 2.51. The van der Waals surface area contributed by atoms with Crippen molar-refractivity contribution in [1.82, 2.24) is 0 Å². The van der Waals surface area contributed by atoms with E-state index in [0.29, 0.717) is 0 Å². The summed E-state index contributed by atoms with van der Waals surface area (Å²) in [6.07, 6.45) is 2.19. The van der Waals surface area contributed by atoms with E-state index < -0.39 is 0 Å². The van der Waals surface area contributed by atoms with Crippen LogP contribution in [0.3, 0.4) is 0 Å². The van der Waals surface area contributed by atoms with Gasteiger partial charge in [-0.1, -0.05) is 36.4 Å². The third-order valence-electron chi connectivity index (χ3n) is 3.10. The van der Waals surface area contributed by atoms with E-state index in [-0.39, 0.29) is 6.61 Å². The molecule has 0 fully saturated rings. The third kappa shape index (κ3) is 1.07. The maximum Gasteiger partial charge on any atom is 0.0687 e. The predicted molar refractivity (Wildman–Crippen MR) is 63.4 cm³/mol. The van der Waals surface area contributed by atoms with E-state index in [1.54, 1.807) is 0 Å². The first-order chi connectivity index (χ1) is 7.31. The van der Waals surface area contributed by atoms with Gasteiger partial charge in [-0.15, -0.1) is 0 Å². The Morgan fingerprint density at radius 1 is 1.13 bits per heavy atom. The van der Waals surface area contributed by atoms with E-state index in [2.05, 4.69) is 37.3 Å². The van der Waals surface area contributed by atoms with Crippen LogP contribution in [0.1, 0.15) is 23.6 Å². The first-order valence-corrected chi connectivity index (χ1v) is 5.15. The van der Waals surface area contributed by atoms with Crippen LogP contribution >= 0.6 is 0 Å². The standard InChI is InChI=1S/C14H12O/c1-9-7-11-4-2-3-10-5-6-12(8-15)13(9)14(10)11/h2-7,15H,8H2,1H3. The summed E-state index contributed by atoms with van der Waals surface area (Å²) in [4.78, 5) is 0. The molecule has 0 amide bonds. The van der Waals surface area contributed by atoms with Crippen molar-refractivity contribution in [2.75, 3.05) is 0 Å². The van der Waals surface area contributed by atoms with Crippen LogP contribution in [0.25, 0.3) is 22.4 Å². The van der Waals surface area contributed by atoms with Crippen molar-refractivity contribution in [2.24, 2.45) is 0 Å². The van der Waals surface area contributed by atoms with E-state index in [1.165, 1.54) is 27.5 Å². The second-order valence-electron chi connectivity index (χ2n) is 4.03. The number of rotatable bonds is 1. The van der Waals surface area contributed by atoms with Gasteiger partial charge in [0.25, 0.3) is 0 Å². The Kier molecular flexibility index (Phi) is 1.70. The van der Waals surface area contributed by atoms with Crippen molar-refractivity contribution in [2.45, 2.75) is 13.5 Å². The summed E-state index contributed by atoms with van der Waals surface area (Å²) in [5.74, 6) is 0. The molecule has 1 heteroatoms. The second-order valence-corrected chi connectivity index (χ2v) is 4.03. The van der Waals surface area contributed by atoms with E-state index >= 15 is 0 Å². The van der Waals surface area contributed by atoms with E-state index in [1.807, 2.05) is 6.07 Å². The first kappa shape index (κ1) is 8.69. The molecule has 0 heterocycles. The lowest BCUT2D eigenvalue weighted by Crippen LogP contribution is -1.90. The molecule has 0 aliphatic heterocycles. The summed E-state index contributed by atoms with van der Waals surface area (Å²) in [5, 5.41) is 11.9. The monoisotopic (exact) mass is 196 g/mol. The fourth-order valence-electron chi connectivity index (χ4n) is 2.46. The molecule has 0 atom stereocenters. The highest BCUT2D eigenvalue weighted by molar-refractivity contribution is 6.09. The zero-order chi connectivity index (χ0) is 10.4. The lowest BCUT2D eigenvalue weighted by Gasteiger charge is -2.08. The van der Waals surface area contributed by atoms with Crippen LogP contribution < -0.4 is 0 Å². The fraction of sp³-hybridized carbons (Fsp3) is 0.143. The quantitative estimate of drug-likeness (QED) is 0.742. The highest BCUT2D eigenvalue weighted by atomic mass is 16.3. The van der Waals surface area contributed by atoms with Gasteiger partial charge in [0.1, 0.15) is 0 Å². The van der Waals surface area contributed by atoms with Gasteiger partial charge in [0, 0.05) is 0 Å². The average molecular weight is 196 g/mol. The summed E-state index contributed by atoms with van der Waals surface area (Å²) in [6, 6.07) is 10.4. The Hall–Kier alpha value is -1.60. The molecule has 15 heavy (non-hydrogen) atoms. The van der Waals surface area contributed by atoms with Gasteiger partial charge in [-0.25, -0.2) is 0 Å². The number of hydrogen-bond donors (Lipinski definition) is 1. The second kappa shape index (κ2) is 2.94. The fourth-order valence-corrected chi connectivity index (χ4v) is 2.46. The van der Waals surface area contributed by atoms with Crippen LogP contribution in [0.15, 0.2) is 30.3 Å².